The molecule has 0 aliphatic heterocycles. The molecule has 0 spiro atoms. The molecule has 2 radical (unpaired) electrons. The number of hydrogen-bond acceptors (Lipinski definition) is 5. The molecule has 0 heterocycles. The summed E-state index contributed by atoms with van der Waals surface area (Å²) in [6.45, 7) is 6.01. The van der Waals surface area contributed by atoms with Crippen molar-refractivity contribution < 1.29 is 19.3 Å². The Morgan fingerprint density at radius 3 is 1.62 bits per heavy atom. The summed E-state index contributed by atoms with van der Waals surface area (Å²) in [5.74, 6) is -0.787. The van der Waals surface area contributed by atoms with Crippen molar-refractivity contribution in [2.24, 2.45) is 0 Å². The molecule has 0 bridgehead atoms. The molecule has 0 atom stereocenters. The third kappa shape index (κ3) is 17.1. The summed E-state index contributed by atoms with van der Waals surface area (Å²) in [4.78, 5) is 32.3. The van der Waals surface area contributed by atoms with Gasteiger partial charge in [-0.25, -0.2) is 0 Å². The number of nitrogens with zero attached hydrogens (tertiary/aromatic N) is 1. The van der Waals surface area contributed by atoms with E-state index in [1.165, 1.54) is 19.3 Å². The molecule has 0 aromatic carbocycles. The molecule has 0 aliphatic carbocycles. The van der Waals surface area contributed by atoms with Gasteiger partial charge in [0.25, 0.3) is 0 Å². The molecule has 0 aliphatic rings. The predicted octanol–water partition coefficient (Wildman–Crippen LogP) is 2.62. The van der Waals surface area contributed by atoms with E-state index in [0.29, 0.717) is 6.54 Å². The van der Waals surface area contributed by atoms with Gasteiger partial charge in [0, 0.05) is 77.2 Å². The average Bonchev–Trinajstić information content (AvgIpc) is 2.41. The van der Waals surface area contributed by atoms with Crippen LogP contribution >= 0.6 is 0 Å². The zero-order valence-electron chi connectivity index (χ0n) is 14.4. The summed E-state index contributed by atoms with van der Waals surface area (Å²) in [6.07, 6.45) is 7.26. The summed E-state index contributed by atoms with van der Waals surface area (Å²) >= 11 is 0. The molecule has 0 aromatic rings. The first-order valence-corrected chi connectivity index (χ1v) is 7.33. The van der Waals surface area contributed by atoms with Gasteiger partial charge in [-0.1, -0.05) is 52.9 Å². The molecule has 7 heteroatoms. The van der Waals surface area contributed by atoms with Crippen molar-refractivity contribution in [2.45, 2.75) is 72.1 Å². The summed E-state index contributed by atoms with van der Waals surface area (Å²) in [5.41, 5.74) is 0. The van der Waals surface area contributed by atoms with Gasteiger partial charge in [0.15, 0.2) is 0 Å². The van der Waals surface area contributed by atoms with Gasteiger partial charge in [-0.05, 0) is 6.42 Å². The van der Waals surface area contributed by atoms with Crippen LogP contribution in [0.25, 0.3) is 0 Å². The predicted molar refractivity (Wildman–Crippen MR) is 84.4 cm³/mol. The quantitative estimate of drug-likeness (QED) is 0.333. The minimum Gasteiger partial charge on any atom is -0.333 e. The third-order valence-electron chi connectivity index (χ3n) is 2.68. The van der Waals surface area contributed by atoms with E-state index < -0.39 is 11.9 Å². The molecule has 0 saturated carbocycles. The van der Waals surface area contributed by atoms with Gasteiger partial charge in [0.2, 0.25) is 0 Å². The second-order valence-electron chi connectivity index (χ2n) is 4.46. The van der Waals surface area contributed by atoms with E-state index in [-0.39, 0.29) is 72.0 Å². The van der Waals surface area contributed by atoms with Gasteiger partial charge >= 0.3 is 11.9 Å². The zero-order valence-corrected chi connectivity index (χ0v) is 18.4. The molecule has 0 aromatic heterocycles. The van der Waals surface area contributed by atoms with Crippen LogP contribution in [0, 0.1) is 0 Å². The van der Waals surface area contributed by atoms with Gasteiger partial charge in [0.05, 0.1) is 6.54 Å². The van der Waals surface area contributed by atoms with Crippen LogP contribution in [0.3, 0.4) is 0 Å². The molecule has 0 amide bonds. The Morgan fingerprint density at radius 2 is 1.19 bits per heavy atom. The van der Waals surface area contributed by atoms with Crippen LogP contribution < -0.4 is 0 Å². The summed E-state index contributed by atoms with van der Waals surface area (Å²) in [7, 11) is 0. The number of hydrogen-bond donors (Lipinski definition) is 0. The summed E-state index contributed by atoms with van der Waals surface area (Å²) in [5, 5.41) is 1.03. The average molecular weight is 319 g/mol. The topological polar surface area (TPSA) is 55.8 Å². The summed E-state index contributed by atoms with van der Waals surface area (Å²) < 4.78 is 0. The van der Waals surface area contributed by atoms with E-state index in [4.69, 9.17) is 9.68 Å². The largest absolute Gasteiger partial charge is 0.333 e. The van der Waals surface area contributed by atoms with Gasteiger partial charge < -0.3 is 9.68 Å². The number of hydroxylamine groups is 2. The van der Waals surface area contributed by atoms with Crippen LogP contribution in [0.5, 0.6) is 0 Å². The molecule has 5 nitrogen and oxygen atoms in total. The van der Waals surface area contributed by atoms with E-state index in [0.717, 1.165) is 24.5 Å². The molecule has 0 N–H and O–H groups in total. The number of carbonyl (C=O) groups excluding carboxylic acids is 2. The van der Waals surface area contributed by atoms with E-state index in [1.807, 2.05) is 0 Å². The molecule has 0 fully saturated rings. The van der Waals surface area contributed by atoms with Crippen LogP contribution in [0.2, 0.25) is 0 Å². The van der Waals surface area contributed by atoms with Gasteiger partial charge in [-0.15, -0.1) is 0 Å². The standard InChI is InChI=1S/C14H27NO4.2Na/c1-4-7-8-9-10-11-12-15(18-13(16)5-2)19-14(17)6-3;;/h4-12H2,1-3H3;;. The first-order chi connectivity index (χ1) is 9.13. The van der Waals surface area contributed by atoms with Crippen molar-refractivity contribution in [3.8, 4) is 0 Å². The van der Waals surface area contributed by atoms with Crippen molar-refractivity contribution in [1.82, 2.24) is 5.23 Å². The number of carbonyl (C=O) groups is 2. The van der Waals surface area contributed by atoms with Crippen molar-refractivity contribution >= 4 is 71.1 Å². The number of rotatable bonds is 11. The molecule has 21 heavy (non-hydrogen) atoms. The smallest absolute Gasteiger partial charge is 0.328 e. The third-order valence-corrected chi connectivity index (χ3v) is 2.68. The molecule has 0 unspecified atom stereocenters. The SMILES string of the molecule is CCCCCCCCN(OC(=O)CC)OC(=O)CC.[Na].[Na]. The van der Waals surface area contributed by atoms with Crippen molar-refractivity contribution in [3.05, 3.63) is 0 Å². The van der Waals surface area contributed by atoms with E-state index in [1.54, 1.807) is 13.8 Å². The maximum absolute atomic E-state index is 11.2. The first kappa shape index (κ1) is 26.8. The Labute approximate surface area is 173 Å². The molecule has 0 saturated heterocycles. The van der Waals surface area contributed by atoms with Crippen LogP contribution in [0.1, 0.15) is 72.1 Å². The Kier molecular flexibility index (Phi) is 24.2. The van der Waals surface area contributed by atoms with Crippen LogP contribution in [0.15, 0.2) is 0 Å². The maximum atomic E-state index is 11.2. The van der Waals surface area contributed by atoms with E-state index in [9.17, 15) is 9.59 Å². The first-order valence-electron chi connectivity index (χ1n) is 7.33. The Hall–Kier alpha value is 0.900. The van der Waals surface area contributed by atoms with Gasteiger partial charge in [-0.2, -0.15) is 0 Å². The summed E-state index contributed by atoms with van der Waals surface area (Å²) in [6, 6.07) is 0. The Morgan fingerprint density at radius 1 is 0.762 bits per heavy atom. The van der Waals surface area contributed by atoms with Gasteiger partial charge in [-0.3, -0.25) is 9.59 Å². The van der Waals surface area contributed by atoms with E-state index >= 15 is 0 Å². The fraction of sp³-hybridized carbons (Fsp3) is 0.857. The van der Waals surface area contributed by atoms with Crippen LogP contribution in [-0.2, 0) is 19.3 Å². The van der Waals surface area contributed by atoms with Crippen molar-refractivity contribution in [3.63, 3.8) is 0 Å². The van der Waals surface area contributed by atoms with Gasteiger partial charge in [0.1, 0.15) is 0 Å². The Balaban J connectivity index is -0.00000162. The Bertz CT molecular complexity index is 247. The molecular formula is C14H27NNa2O4. The van der Waals surface area contributed by atoms with Crippen molar-refractivity contribution in [1.29, 1.82) is 0 Å². The monoisotopic (exact) mass is 319 g/mol. The maximum Gasteiger partial charge on any atom is 0.328 e. The molecule has 114 valence electrons. The van der Waals surface area contributed by atoms with E-state index in [2.05, 4.69) is 6.92 Å². The normalized spacial score (nSPS) is 9.52. The fourth-order valence-electron chi connectivity index (χ4n) is 1.49. The van der Waals surface area contributed by atoms with Crippen LogP contribution in [0.4, 0.5) is 0 Å². The molecule has 0 rings (SSSR count). The second kappa shape index (κ2) is 18.9. The minimum absolute atomic E-state index is 0. The van der Waals surface area contributed by atoms with Crippen LogP contribution in [-0.4, -0.2) is 82.8 Å². The number of unbranched alkanes of at least 4 members (excludes halogenated alkanes) is 5. The second-order valence-corrected chi connectivity index (χ2v) is 4.46. The molecular weight excluding hydrogens is 292 g/mol. The zero-order chi connectivity index (χ0) is 14.5. The van der Waals surface area contributed by atoms with Crippen molar-refractivity contribution in [2.75, 3.05) is 6.54 Å². The fourth-order valence-corrected chi connectivity index (χ4v) is 1.49. The minimum atomic E-state index is -0.394.